The summed E-state index contributed by atoms with van der Waals surface area (Å²) in [7, 11) is 1.56. The van der Waals surface area contributed by atoms with E-state index >= 15 is 0 Å². The van der Waals surface area contributed by atoms with Gasteiger partial charge in [-0.05, 0) is 25.0 Å². The summed E-state index contributed by atoms with van der Waals surface area (Å²) >= 11 is 0. The summed E-state index contributed by atoms with van der Waals surface area (Å²) in [5, 5.41) is 23.3. The van der Waals surface area contributed by atoms with Gasteiger partial charge in [0.05, 0.1) is 12.7 Å². The molecule has 4 N–H and O–H groups in total. The van der Waals surface area contributed by atoms with Crippen LogP contribution in [0.1, 0.15) is 35.2 Å². The van der Waals surface area contributed by atoms with E-state index in [2.05, 4.69) is 10.6 Å². The number of nitrogens with one attached hydrogen (secondary N) is 2. The zero-order valence-electron chi connectivity index (χ0n) is 16.1. The van der Waals surface area contributed by atoms with Gasteiger partial charge in [0.2, 0.25) is 11.8 Å². The SMILES string of the molecule is CN(CCC(O)CO)C(=O)Nc1cccc2c1CN(C1CCC(=O)NC1=O)C2=O. The number of carbonyl (C=O) groups excluding carboxylic acids is 4. The molecule has 2 aliphatic heterocycles. The first kappa shape index (κ1) is 20.7. The molecule has 0 aliphatic carbocycles. The van der Waals surface area contributed by atoms with E-state index in [-0.39, 0.29) is 50.8 Å². The van der Waals surface area contributed by atoms with Gasteiger partial charge in [-0.1, -0.05) is 6.07 Å². The smallest absolute Gasteiger partial charge is 0.321 e. The van der Waals surface area contributed by atoms with Crippen LogP contribution < -0.4 is 10.6 Å². The van der Waals surface area contributed by atoms with Crippen LogP contribution in [-0.2, 0) is 16.1 Å². The normalized spacial score (nSPS) is 19.6. The van der Waals surface area contributed by atoms with Gasteiger partial charge in [0.25, 0.3) is 5.91 Å². The number of imide groups is 1. The van der Waals surface area contributed by atoms with Gasteiger partial charge in [-0.25, -0.2) is 4.79 Å². The molecular weight excluding hydrogens is 380 g/mol. The first-order chi connectivity index (χ1) is 13.8. The molecule has 5 amide bonds. The molecule has 0 aromatic heterocycles. The third-order valence-corrected chi connectivity index (χ3v) is 5.18. The second kappa shape index (κ2) is 8.58. The molecule has 0 spiro atoms. The van der Waals surface area contributed by atoms with Crippen LogP contribution in [0.5, 0.6) is 0 Å². The van der Waals surface area contributed by atoms with Crippen molar-refractivity contribution in [1.82, 2.24) is 15.1 Å². The Morgan fingerprint density at radius 1 is 1.38 bits per heavy atom. The fourth-order valence-corrected chi connectivity index (χ4v) is 3.45. The highest BCUT2D eigenvalue weighted by Gasteiger charge is 2.40. The lowest BCUT2D eigenvalue weighted by atomic mass is 10.0. The van der Waals surface area contributed by atoms with E-state index in [0.717, 1.165) is 0 Å². The van der Waals surface area contributed by atoms with Crippen LogP contribution in [0.4, 0.5) is 10.5 Å². The lowest BCUT2D eigenvalue weighted by molar-refractivity contribution is -0.136. The maximum atomic E-state index is 12.8. The molecule has 2 unspecified atom stereocenters. The van der Waals surface area contributed by atoms with Crippen LogP contribution in [0.3, 0.4) is 0 Å². The second-order valence-corrected chi connectivity index (χ2v) is 7.21. The standard InChI is InChI=1S/C19H24N4O6/c1-22(8-7-11(25)10-24)19(29)20-14-4-2-3-12-13(14)9-23(18(12)28)15-5-6-16(26)21-17(15)27/h2-4,11,15,24-25H,5-10H2,1H3,(H,20,29)(H,21,26,27). The average Bonchev–Trinajstić information content (AvgIpc) is 3.03. The first-order valence-corrected chi connectivity index (χ1v) is 9.39. The van der Waals surface area contributed by atoms with Crippen molar-refractivity contribution in [3.05, 3.63) is 29.3 Å². The Morgan fingerprint density at radius 2 is 2.14 bits per heavy atom. The van der Waals surface area contributed by atoms with E-state index in [1.807, 2.05) is 0 Å². The Balaban J connectivity index is 1.71. The summed E-state index contributed by atoms with van der Waals surface area (Å²) in [6, 6.07) is 3.82. The molecule has 10 heteroatoms. The number of amides is 5. The highest BCUT2D eigenvalue weighted by atomic mass is 16.3. The third kappa shape index (κ3) is 4.38. The summed E-state index contributed by atoms with van der Waals surface area (Å²) < 4.78 is 0. The highest BCUT2D eigenvalue weighted by Crippen LogP contribution is 2.32. The molecule has 1 aromatic rings. The minimum absolute atomic E-state index is 0.157. The maximum absolute atomic E-state index is 12.8. The van der Waals surface area contributed by atoms with Crippen LogP contribution in [-0.4, -0.2) is 76.1 Å². The van der Waals surface area contributed by atoms with Crippen molar-refractivity contribution in [3.63, 3.8) is 0 Å². The topological polar surface area (TPSA) is 139 Å². The molecule has 1 fully saturated rings. The molecule has 29 heavy (non-hydrogen) atoms. The molecule has 10 nitrogen and oxygen atoms in total. The number of hydrogen-bond donors (Lipinski definition) is 4. The number of fused-ring (bicyclic) bond motifs is 1. The van der Waals surface area contributed by atoms with Crippen molar-refractivity contribution < 1.29 is 29.4 Å². The molecule has 2 aliphatic rings. The van der Waals surface area contributed by atoms with Gasteiger partial charge in [-0.2, -0.15) is 0 Å². The summed E-state index contributed by atoms with van der Waals surface area (Å²) in [5.41, 5.74) is 1.48. The molecule has 0 radical (unpaired) electrons. The van der Waals surface area contributed by atoms with E-state index in [1.165, 1.54) is 9.80 Å². The summed E-state index contributed by atoms with van der Waals surface area (Å²) in [4.78, 5) is 51.5. The maximum Gasteiger partial charge on any atom is 0.321 e. The van der Waals surface area contributed by atoms with Crippen molar-refractivity contribution in [2.75, 3.05) is 25.5 Å². The number of aliphatic hydroxyl groups excluding tert-OH is 2. The quantitative estimate of drug-likeness (QED) is 0.478. The van der Waals surface area contributed by atoms with Crippen molar-refractivity contribution in [1.29, 1.82) is 0 Å². The van der Waals surface area contributed by atoms with Crippen molar-refractivity contribution in [2.45, 2.75) is 38.0 Å². The van der Waals surface area contributed by atoms with Crippen molar-refractivity contribution >= 4 is 29.4 Å². The Labute approximate surface area is 167 Å². The van der Waals surface area contributed by atoms with Gasteiger partial charge in [0.15, 0.2) is 0 Å². The molecule has 1 aromatic carbocycles. The monoisotopic (exact) mass is 404 g/mol. The van der Waals surface area contributed by atoms with E-state index in [9.17, 15) is 24.3 Å². The number of carbonyl (C=O) groups is 4. The molecule has 2 atom stereocenters. The molecule has 3 rings (SSSR count). The van der Waals surface area contributed by atoms with Gasteiger partial charge in [-0.3, -0.25) is 19.7 Å². The largest absolute Gasteiger partial charge is 0.394 e. The van der Waals surface area contributed by atoms with Crippen LogP contribution >= 0.6 is 0 Å². The van der Waals surface area contributed by atoms with Crippen molar-refractivity contribution in [2.24, 2.45) is 0 Å². The Bertz CT molecular complexity index is 842. The van der Waals surface area contributed by atoms with Crippen LogP contribution in [0.2, 0.25) is 0 Å². The third-order valence-electron chi connectivity index (χ3n) is 5.18. The average molecular weight is 404 g/mol. The number of anilines is 1. The molecule has 2 heterocycles. The fourth-order valence-electron chi connectivity index (χ4n) is 3.45. The molecule has 0 bridgehead atoms. The van der Waals surface area contributed by atoms with Crippen LogP contribution in [0.15, 0.2) is 18.2 Å². The predicted molar refractivity (Wildman–Crippen MR) is 102 cm³/mol. The van der Waals surface area contributed by atoms with Gasteiger partial charge in [-0.15, -0.1) is 0 Å². The molecular formula is C19H24N4O6. The Kier molecular flexibility index (Phi) is 6.14. The number of aliphatic hydroxyl groups is 2. The number of rotatable bonds is 6. The van der Waals surface area contributed by atoms with Gasteiger partial charge in [0, 0.05) is 43.4 Å². The first-order valence-electron chi connectivity index (χ1n) is 9.39. The van der Waals surface area contributed by atoms with Crippen LogP contribution in [0, 0.1) is 0 Å². The Morgan fingerprint density at radius 3 is 2.83 bits per heavy atom. The van der Waals surface area contributed by atoms with Gasteiger partial charge < -0.3 is 25.3 Å². The summed E-state index contributed by atoms with van der Waals surface area (Å²) in [5.74, 6) is -1.15. The second-order valence-electron chi connectivity index (χ2n) is 7.21. The highest BCUT2D eigenvalue weighted by molar-refractivity contribution is 6.06. The molecule has 0 saturated carbocycles. The zero-order chi connectivity index (χ0) is 21.1. The molecule has 1 saturated heterocycles. The predicted octanol–water partition coefficient (Wildman–Crippen LogP) is -0.345. The van der Waals surface area contributed by atoms with Crippen molar-refractivity contribution in [3.8, 4) is 0 Å². The van der Waals surface area contributed by atoms with E-state index in [4.69, 9.17) is 5.11 Å². The Hall–Kier alpha value is -2.98. The minimum atomic E-state index is -0.897. The molecule has 156 valence electrons. The van der Waals surface area contributed by atoms with Crippen LogP contribution in [0.25, 0.3) is 0 Å². The van der Waals surface area contributed by atoms with Gasteiger partial charge >= 0.3 is 6.03 Å². The van der Waals surface area contributed by atoms with Gasteiger partial charge in [0.1, 0.15) is 6.04 Å². The number of benzene rings is 1. The lowest BCUT2D eigenvalue weighted by Crippen LogP contribution is -2.52. The van der Waals surface area contributed by atoms with E-state index in [0.29, 0.717) is 16.8 Å². The number of urea groups is 1. The fraction of sp³-hybridized carbons (Fsp3) is 0.474. The number of piperidine rings is 1. The zero-order valence-corrected chi connectivity index (χ0v) is 16.1. The lowest BCUT2D eigenvalue weighted by Gasteiger charge is -2.29. The number of nitrogens with zero attached hydrogens (tertiary/aromatic N) is 2. The minimum Gasteiger partial charge on any atom is -0.394 e. The number of hydrogen-bond acceptors (Lipinski definition) is 6. The summed E-state index contributed by atoms with van der Waals surface area (Å²) in [6.07, 6.45) is -0.229. The van der Waals surface area contributed by atoms with E-state index < -0.39 is 24.1 Å². The van der Waals surface area contributed by atoms with E-state index in [1.54, 1.807) is 25.2 Å². The summed E-state index contributed by atoms with van der Waals surface area (Å²) in [6.45, 7) is 0.0215.